The van der Waals surface area contributed by atoms with Crippen LogP contribution in [-0.2, 0) is 25.3 Å². The molecule has 0 spiro atoms. The van der Waals surface area contributed by atoms with E-state index >= 15 is 0 Å². The van der Waals surface area contributed by atoms with Crippen molar-refractivity contribution in [3.05, 3.63) is 41.1 Å². The number of rotatable bonds is 6. The molecule has 1 aromatic heterocycles. The Kier molecular flexibility index (Phi) is 5.70. The number of urea groups is 1. The van der Waals surface area contributed by atoms with Crippen LogP contribution in [0.25, 0.3) is 0 Å². The van der Waals surface area contributed by atoms with Crippen molar-refractivity contribution in [2.45, 2.75) is 25.3 Å². The van der Waals surface area contributed by atoms with Crippen LogP contribution in [0, 0.1) is 0 Å². The zero-order valence-corrected chi connectivity index (χ0v) is 15.1. The minimum atomic E-state index is -0.277. The number of amides is 2. The van der Waals surface area contributed by atoms with E-state index in [9.17, 15) is 4.79 Å². The summed E-state index contributed by atoms with van der Waals surface area (Å²) in [4.78, 5) is 16.4. The molecule has 2 amide bonds. The second kappa shape index (κ2) is 8.15. The predicted octanol–water partition coefficient (Wildman–Crippen LogP) is 2.48. The Morgan fingerprint density at radius 2 is 2.04 bits per heavy atom. The van der Waals surface area contributed by atoms with Crippen molar-refractivity contribution in [3.63, 3.8) is 0 Å². The average Bonchev–Trinajstić information content (AvgIpc) is 3.07. The first-order valence-electron chi connectivity index (χ1n) is 7.97. The monoisotopic (exact) mass is 363 g/mol. The fourth-order valence-electron chi connectivity index (χ4n) is 2.55. The van der Waals surface area contributed by atoms with E-state index in [1.54, 1.807) is 14.2 Å². The molecule has 0 aliphatic carbocycles. The molecule has 2 heterocycles. The lowest BCUT2D eigenvalue weighted by molar-refractivity contribution is 0.238. The second-order valence-electron chi connectivity index (χ2n) is 5.51. The zero-order valence-electron chi connectivity index (χ0n) is 14.3. The number of nitrogens with one attached hydrogen (secondary N) is 2. The van der Waals surface area contributed by atoms with Crippen LogP contribution in [0.5, 0.6) is 11.5 Å². The van der Waals surface area contributed by atoms with Crippen LogP contribution in [0.4, 0.5) is 4.79 Å². The molecule has 7 nitrogen and oxygen atoms in total. The average molecular weight is 363 g/mol. The van der Waals surface area contributed by atoms with Gasteiger partial charge in [-0.05, 0) is 17.7 Å². The maximum Gasteiger partial charge on any atom is 0.315 e. The molecule has 0 saturated heterocycles. The second-order valence-corrected chi connectivity index (χ2v) is 6.61. The first-order chi connectivity index (χ1) is 12.2. The summed E-state index contributed by atoms with van der Waals surface area (Å²) in [5.41, 5.74) is 1.91. The van der Waals surface area contributed by atoms with Crippen LogP contribution in [0.15, 0.2) is 22.6 Å². The highest BCUT2D eigenvalue weighted by Crippen LogP contribution is 2.27. The number of oxazole rings is 1. The maximum absolute atomic E-state index is 12.0. The number of carbonyl (C=O) groups excluding carboxylic acids is 1. The third-order valence-electron chi connectivity index (χ3n) is 3.84. The summed E-state index contributed by atoms with van der Waals surface area (Å²) in [6.07, 6.45) is 0.901. The van der Waals surface area contributed by atoms with Crippen LogP contribution in [0.3, 0.4) is 0 Å². The van der Waals surface area contributed by atoms with E-state index in [4.69, 9.17) is 13.9 Å². The molecule has 2 N–H and O–H groups in total. The van der Waals surface area contributed by atoms with Crippen molar-refractivity contribution in [3.8, 4) is 11.5 Å². The Bertz CT molecular complexity index is 724. The standard InChI is InChI=1S/C17H21N3O4S/c1-22-14-4-3-11(7-15(14)23-2)8-18-17(21)19-9-16-20-12-10-25-6-5-13(12)24-16/h3-4,7H,5-6,8-10H2,1-2H3,(H2,18,19,21). The SMILES string of the molecule is COc1ccc(CNC(=O)NCc2nc3c(o2)CCSC3)cc1OC. The summed E-state index contributed by atoms with van der Waals surface area (Å²) in [5, 5.41) is 5.56. The molecule has 25 heavy (non-hydrogen) atoms. The number of hydrogen-bond acceptors (Lipinski definition) is 6. The lowest BCUT2D eigenvalue weighted by Crippen LogP contribution is -2.34. The van der Waals surface area contributed by atoms with E-state index < -0.39 is 0 Å². The summed E-state index contributed by atoms with van der Waals surface area (Å²) in [6.45, 7) is 0.653. The lowest BCUT2D eigenvalue weighted by atomic mass is 10.2. The summed E-state index contributed by atoms with van der Waals surface area (Å²) in [5.74, 6) is 4.72. The molecule has 0 saturated carbocycles. The van der Waals surface area contributed by atoms with E-state index in [-0.39, 0.29) is 12.6 Å². The summed E-state index contributed by atoms with van der Waals surface area (Å²) >= 11 is 1.85. The Labute approximate surface area is 150 Å². The normalized spacial score (nSPS) is 13.0. The number of fused-ring (bicyclic) bond motifs is 1. The summed E-state index contributed by atoms with van der Waals surface area (Å²) < 4.78 is 16.1. The van der Waals surface area contributed by atoms with Crippen molar-refractivity contribution in [2.75, 3.05) is 20.0 Å². The van der Waals surface area contributed by atoms with Crippen molar-refractivity contribution >= 4 is 17.8 Å². The van der Waals surface area contributed by atoms with Crippen LogP contribution in [0.2, 0.25) is 0 Å². The van der Waals surface area contributed by atoms with Gasteiger partial charge in [-0.1, -0.05) is 6.07 Å². The zero-order chi connectivity index (χ0) is 17.6. The molecule has 0 unspecified atom stereocenters. The van der Waals surface area contributed by atoms with Crippen molar-refractivity contribution in [2.24, 2.45) is 0 Å². The number of hydrogen-bond donors (Lipinski definition) is 2. The van der Waals surface area contributed by atoms with E-state index in [0.717, 1.165) is 34.9 Å². The first kappa shape index (κ1) is 17.5. The van der Waals surface area contributed by atoms with Crippen LogP contribution in [0.1, 0.15) is 22.9 Å². The first-order valence-corrected chi connectivity index (χ1v) is 9.13. The molecule has 0 bridgehead atoms. The molecule has 0 atom stereocenters. The molecule has 1 aromatic carbocycles. The summed E-state index contributed by atoms with van der Waals surface area (Å²) in [7, 11) is 3.17. The highest BCUT2D eigenvalue weighted by atomic mass is 32.2. The number of nitrogens with zero attached hydrogens (tertiary/aromatic N) is 1. The van der Waals surface area contributed by atoms with Gasteiger partial charge in [-0.2, -0.15) is 11.8 Å². The van der Waals surface area contributed by atoms with Gasteiger partial charge < -0.3 is 24.5 Å². The number of benzene rings is 1. The van der Waals surface area contributed by atoms with Crippen LogP contribution in [-0.4, -0.2) is 31.0 Å². The van der Waals surface area contributed by atoms with Gasteiger partial charge in [0, 0.05) is 24.5 Å². The largest absolute Gasteiger partial charge is 0.493 e. The van der Waals surface area contributed by atoms with Crippen LogP contribution < -0.4 is 20.1 Å². The topological polar surface area (TPSA) is 85.6 Å². The third kappa shape index (κ3) is 4.39. The van der Waals surface area contributed by atoms with Gasteiger partial charge in [0.1, 0.15) is 5.76 Å². The van der Waals surface area contributed by atoms with Gasteiger partial charge in [0.15, 0.2) is 11.5 Å². The molecule has 134 valence electrons. The van der Waals surface area contributed by atoms with E-state index in [2.05, 4.69) is 15.6 Å². The minimum Gasteiger partial charge on any atom is -0.493 e. The molecule has 2 aromatic rings. The van der Waals surface area contributed by atoms with Crippen LogP contribution >= 0.6 is 11.8 Å². The molecule has 0 radical (unpaired) electrons. The van der Waals surface area contributed by atoms with Crippen molar-refractivity contribution in [1.29, 1.82) is 0 Å². The van der Waals surface area contributed by atoms with Gasteiger partial charge in [-0.15, -0.1) is 0 Å². The molecule has 8 heteroatoms. The van der Waals surface area contributed by atoms with Crippen molar-refractivity contribution in [1.82, 2.24) is 15.6 Å². The quantitative estimate of drug-likeness (QED) is 0.820. The van der Waals surface area contributed by atoms with E-state index in [1.165, 1.54) is 0 Å². The third-order valence-corrected chi connectivity index (χ3v) is 4.81. The molecule has 1 aliphatic heterocycles. The minimum absolute atomic E-state index is 0.273. The van der Waals surface area contributed by atoms with Gasteiger partial charge in [0.25, 0.3) is 0 Å². The Balaban J connectivity index is 1.49. The molecule has 3 rings (SSSR count). The Morgan fingerprint density at radius 3 is 2.80 bits per heavy atom. The molecular formula is C17H21N3O4S. The van der Waals surface area contributed by atoms with Gasteiger partial charge in [0.2, 0.25) is 5.89 Å². The smallest absolute Gasteiger partial charge is 0.315 e. The number of methoxy groups -OCH3 is 2. The summed E-state index contributed by atoms with van der Waals surface area (Å²) in [6, 6.07) is 5.24. The lowest BCUT2D eigenvalue weighted by Gasteiger charge is -2.10. The van der Waals surface area contributed by atoms with Gasteiger partial charge in [-0.25, -0.2) is 9.78 Å². The number of ether oxygens (including phenoxy) is 2. The molecular weight excluding hydrogens is 342 g/mol. The van der Waals surface area contributed by atoms with Crippen molar-refractivity contribution < 1.29 is 18.7 Å². The fourth-order valence-corrected chi connectivity index (χ4v) is 3.44. The van der Waals surface area contributed by atoms with Gasteiger partial charge in [0.05, 0.1) is 26.5 Å². The van der Waals surface area contributed by atoms with E-state index in [1.807, 2.05) is 30.0 Å². The van der Waals surface area contributed by atoms with Gasteiger partial charge >= 0.3 is 6.03 Å². The fraction of sp³-hybridized carbons (Fsp3) is 0.412. The molecule has 1 aliphatic rings. The highest BCUT2D eigenvalue weighted by molar-refractivity contribution is 7.98. The van der Waals surface area contributed by atoms with Gasteiger partial charge in [-0.3, -0.25) is 0 Å². The highest BCUT2D eigenvalue weighted by Gasteiger charge is 2.17. The Morgan fingerprint density at radius 1 is 1.24 bits per heavy atom. The number of aromatic nitrogens is 1. The number of thioether (sulfide) groups is 1. The number of carbonyl (C=O) groups is 1. The molecule has 0 fully saturated rings. The Hall–Kier alpha value is -2.35. The van der Waals surface area contributed by atoms with E-state index in [0.29, 0.717) is 23.9 Å². The number of aryl methyl sites for hydroxylation is 1. The predicted molar refractivity (Wildman–Crippen MR) is 95.0 cm³/mol. The maximum atomic E-state index is 12.0.